The minimum absolute atomic E-state index is 0.0170. The van der Waals surface area contributed by atoms with Crippen LogP contribution in [0.2, 0.25) is 0 Å². The van der Waals surface area contributed by atoms with Crippen LogP contribution in [0.25, 0.3) is 16.9 Å². The second-order valence-electron chi connectivity index (χ2n) is 4.81. The Morgan fingerprint density at radius 2 is 2.05 bits per heavy atom. The molecule has 6 heteroatoms. The molecule has 0 saturated carbocycles. The number of hydrogen-bond donors (Lipinski definition) is 1. The third-order valence-corrected chi connectivity index (χ3v) is 3.20. The van der Waals surface area contributed by atoms with Gasteiger partial charge in [-0.2, -0.15) is 9.61 Å². The maximum Gasteiger partial charge on any atom is 0.224 e. The molecule has 0 aliphatic carbocycles. The number of carbonyl (C=O) groups is 1. The van der Waals surface area contributed by atoms with E-state index in [4.69, 9.17) is 0 Å². The molecule has 0 atom stereocenters. The van der Waals surface area contributed by atoms with E-state index in [1.165, 1.54) is 0 Å². The number of anilines is 1. The first-order valence-electron chi connectivity index (χ1n) is 6.94. The van der Waals surface area contributed by atoms with Crippen LogP contribution < -0.4 is 5.32 Å². The lowest BCUT2D eigenvalue weighted by molar-refractivity contribution is -0.116. The summed E-state index contributed by atoms with van der Waals surface area (Å²) in [6.07, 6.45) is 4.41. The zero-order chi connectivity index (χ0) is 15.4. The molecule has 110 valence electrons. The summed E-state index contributed by atoms with van der Waals surface area (Å²) in [7, 11) is 0. The van der Waals surface area contributed by atoms with E-state index in [9.17, 15) is 4.79 Å². The topological polar surface area (TPSA) is 72.2 Å². The van der Waals surface area contributed by atoms with Gasteiger partial charge >= 0.3 is 0 Å². The average Bonchev–Trinajstić information content (AvgIpc) is 3.01. The number of nitrogens with one attached hydrogen (secondary N) is 1. The van der Waals surface area contributed by atoms with Crippen molar-refractivity contribution in [2.24, 2.45) is 0 Å². The maximum absolute atomic E-state index is 11.7. The molecule has 1 aromatic carbocycles. The van der Waals surface area contributed by atoms with Crippen LogP contribution in [0.3, 0.4) is 0 Å². The van der Waals surface area contributed by atoms with Crippen LogP contribution in [-0.4, -0.2) is 25.7 Å². The molecule has 0 aliphatic rings. The summed E-state index contributed by atoms with van der Waals surface area (Å²) in [4.78, 5) is 11.7. The fraction of sp³-hybridized carbons (Fsp3) is 0.125. The van der Waals surface area contributed by atoms with E-state index in [1.54, 1.807) is 16.9 Å². The first-order chi connectivity index (χ1) is 10.8. The lowest BCUT2D eigenvalue weighted by atomic mass is 10.1. The normalized spacial score (nSPS) is 10.5. The summed E-state index contributed by atoms with van der Waals surface area (Å²) in [6, 6.07) is 11.3. The van der Waals surface area contributed by atoms with Gasteiger partial charge in [0.2, 0.25) is 5.91 Å². The summed E-state index contributed by atoms with van der Waals surface area (Å²) >= 11 is 0. The van der Waals surface area contributed by atoms with Gasteiger partial charge in [0.15, 0.2) is 5.65 Å². The third kappa shape index (κ3) is 3.01. The molecule has 1 N–H and O–H groups in total. The highest BCUT2D eigenvalue weighted by atomic mass is 16.1. The summed E-state index contributed by atoms with van der Waals surface area (Å²) in [6.45, 7) is 3.60. The number of benzene rings is 1. The van der Waals surface area contributed by atoms with E-state index in [1.807, 2.05) is 36.4 Å². The highest BCUT2D eigenvalue weighted by Gasteiger charge is 2.04. The fourth-order valence-corrected chi connectivity index (χ4v) is 2.06. The second-order valence-corrected chi connectivity index (χ2v) is 4.81. The summed E-state index contributed by atoms with van der Waals surface area (Å²) in [5.41, 5.74) is 3.24. The van der Waals surface area contributed by atoms with Gasteiger partial charge in [-0.05, 0) is 30.7 Å². The lowest BCUT2D eigenvalue weighted by Crippen LogP contribution is -2.10. The van der Waals surface area contributed by atoms with Crippen LogP contribution >= 0.6 is 0 Å². The maximum atomic E-state index is 11.7. The molecule has 3 rings (SSSR count). The molecule has 0 aliphatic heterocycles. The largest absolute Gasteiger partial charge is 0.326 e. The van der Waals surface area contributed by atoms with Gasteiger partial charge in [0.05, 0.1) is 5.69 Å². The average molecular weight is 293 g/mol. The van der Waals surface area contributed by atoms with Crippen LogP contribution in [-0.2, 0) is 4.79 Å². The molecule has 0 bridgehead atoms. The number of nitrogens with zero attached hydrogens (tertiary/aromatic N) is 4. The van der Waals surface area contributed by atoms with Crippen molar-refractivity contribution >= 4 is 17.2 Å². The second kappa shape index (κ2) is 6.17. The Labute approximate surface area is 127 Å². The zero-order valence-corrected chi connectivity index (χ0v) is 11.9. The molecule has 3 aromatic rings. The van der Waals surface area contributed by atoms with Crippen molar-refractivity contribution in [1.82, 2.24) is 19.8 Å². The summed E-state index contributed by atoms with van der Waals surface area (Å²) in [5, 5.41) is 15.0. The van der Waals surface area contributed by atoms with E-state index >= 15 is 0 Å². The Kier molecular flexibility index (Phi) is 3.91. The van der Waals surface area contributed by atoms with Crippen molar-refractivity contribution in [3.8, 4) is 11.3 Å². The van der Waals surface area contributed by atoms with E-state index in [0.29, 0.717) is 18.5 Å². The van der Waals surface area contributed by atoms with Gasteiger partial charge in [0, 0.05) is 17.7 Å². The molecule has 0 saturated heterocycles. The van der Waals surface area contributed by atoms with E-state index < -0.39 is 0 Å². The van der Waals surface area contributed by atoms with Crippen molar-refractivity contribution < 1.29 is 4.79 Å². The molecule has 0 unspecified atom stereocenters. The minimum Gasteiger partial charge on any atom is -0.326 e. The molecule has 2 heterocycles. The highest BCUT2D eigenvalue weighted by molar-refractivity contribution is 5.91. The molecule has 22 heavy (non-hydrogen) atoms. The first-order valence-corrected chi connectivity index (χ1v) is 6.94. The number of rotatable bonds is 5. The minimum atomic E-state index is -0.0170. The Morgan fingerprint density at radius 3 is 2.82 bits per heavy atom. The molecule has 0 radical (unpaired) electrons. The van der Waals surface area contributed by atoms with Crippen molar-refractivity contribution in [2.45, 2.75) is 12.8 Å². The number of fused-ring (bicyclic) bond motifs is 1. The van der Waals surface area contributed by atoms with Crippen molar-refractivity contribution in [3.05, 3.63) is 55.4 Å². The van der Waals surface area contributed by atoms with Crippen molar-refractivity contribution in [1.29, 1.82) is 0 Å². The quantitative estimate of drug-likeness (QED) is 0.734. The predicted octanol–water partition coefficient (Wildman–Crippen LogP) is 2.70. The van der Waals surface area contributed by atoms with Gasteiger partial charge in [-0.3, -0.25) is 4.79 Å². The number of hydrogen-bond acceptors (Lipinski definition) is 4. The predicted molar refractivity (Wildman–Crippen MR) is 84.3 cm³/mol. The fourth-order valence-electron chi connectivity index (χ4n) is 2.06. The summed E-state index contributed by atoms with van der Waals surface area (Å²) < 4.78 is 1.63. The lowest BCUT2D eigenvalue weighted by Gasteiger charge is -2.06. The van der Waals surface area contributed by atoms with Gasteiger partial charge in [-0.25, -0.2) is 0 Å². The summed E-state index contributed by atoms with van der Waals surface area (Å²) in [5.74, 6) is -0.0170. The van der Waals surface area contributed by atoms with Gasteiger partial charge in [-0.15, -0.1) is 16.8 Å². The molecule has 0 fully saturated rings. The van der Waals surface area contributed by atoms with Gasteiger partial charge in [0.25, 0.3) is 0 Å². The third-order valence-electron chi connectivity index (χ3n) is 3.20. The van der Waals surface area contributed by atoms with Crippen LogP contribution in [0.1, 0.15) is 12.8 Å². The molecule has 1 amide bonds. The Balaban J connectivity index is 1.75. The van der Waals surface area contributed by atoms with Crippen LogP contribution in [0.4, 0.5) is 5.69 Å². The standard InChI is InChI=1S/C16H15N5O/c1-2-3-4-16(22)18-13-7-5-12(6-8-13)14-9-10-15-19-17-11-21(15)20-14/h2,5-11H,1,3-4H2,(H,18,22). The van der Waals surface area contributed by atoms with E-state index in [2.05, 4.69) is 27.2 Å². The van der Waals surface area contributed by atoms with Crippen molar-refractivity contribution in [3.63, 3.8) is 0 Å². The molecule has 6 nitrogen and oxygen atoms in total. The Bertz CT molecular complexity index is 807. The molecular formula is C16H15N5O. The molecule has 0 spiro atoms. The van der Waals surface area contributed by atoms with Crippen LogP contribution in [0.5, 0.6) is 0 Å². The van der Waals surface area contributed by atoms with Gasteiger partial charge in [0.1, 0.15) is 6.33 Å². The Morgan fingerprint density at radius 1 is 1.23 bits per heavy atom. The number of allylic oxidation sites excluding steroid dienone is 1. The number of carbonyl (C=O) groups excluding carboxylic acids is 1. The first kappa shape index (κ1) is 13.9. The smallest absolute Gasteiger partial charge is 0.224 e. The number of aromatic nitrogens is 4. The van der Waals surface area contributed by atoms with Crippen LogP contribution in [0.15, 0.2) is 55.4 Å². The SMILES string of the molecule is C=CCCC(=O)Nc1ccc(-c2ccc3nncn3n2)cc1. The highest BCUT2D eigenvalue weighted by Crippen LogP contribution is 2.19. The monoisotopic (exact) mass is 293 g/mol. The van der Waals surface area contributed by atoms with Gasteiger partial charge in [-0.1, -0.05) is 18.2 Å². The molecule has 2 aromatic heterocycles. The van der Waals surface area contributed by atoms with Crippen LogP contribution in [0, 0.1) is 0 Å². The van der Waals surface area contributed by atoms with E-state index in [-0.39, 0.29) is 5.91 Å². The number of amides is 1. The van der Waals surface area contributed by atoms with Crippen molar-refractivity contribution in [2.75, 3.05) is 5.32 Å². The Hall–Kier alpha value is -3.02. The van der Waals surface area contributed by atoms with Gasteiger partial charge < -0.3 is 5.32 Å². The molecular weight excluding hydrogens is 278 g/mol. The zero-order valence-electron chi connectivity index (χ0n) is 11.9. The van der Waals surface area contributed by atoms with E-state index in [0.717, 1.165) is 16.9 Å².